The van der Waals surface area contributed by atoms with Gasteiger partial charge in [0.05, 0.1) is 48.6 Å². The monoisotopic (exact) mass is 841 g/mol. The van der Waals surface area contributed by atoms with Crippen molar-refractivity contribution in [3.8, 4) is 22.8 Å². The fourth-order valence-electron chi connectivity index (χ4n) is 7.98. The Morgan fingerprint density at radius 3 is 2.20 bits per heavy atom. The van der Waals surface area contributed by atoms with E-state index in [0.717, 1.165) is 55.3 Å². The van der Waals surface area contributed by atoms with Crippen molar-refractivity contribution in [2.24, 2.45) is 0 Å². The summed E-state index contributed by atoms with van der Waals surface area (Å²) in [5, 5.41) is 4.02. The van der Waals surface area contributed by atoms with Crippen molar-refractivity contribution in [2.45, 2.75) is 31.6 Å². The molecule has 0 aliphatic carbocycles. The molecule has 0 bridgehead atoms. The van der Waals surface area contributed by atoms with Gasteiger partial charge in [0, 0.05) is 86.0 Å². The van der Waals surface area contributed by atoms with E-state index in [0.29, 0.717) is 85.0 Å². The van der Waals surface area contributed by atoms with Crippen LogP contribution in [0.4, 0.5) is 13.2 Å². The molecule has 0 radical (unpaired) electrons. The van der Waals surface area contributed by atoms with Crippen LogP contribution in [-0.4, -0.2) is 138 Å². The van der Waals surface area contributed by atoms with Crippen LogP contribution in [0.15, 0.2) is 85.5 Å². The first-order chi connectivity index (χ1) is 29.5. The maximum Gasteiger partial charge on any atom is 0.406 e. The summed E-state index contributed by atoms with van der Waals surface area (Å²) in [5.41, 5.74) is 3.55. The van der Waals surface area contributed by atoms with E-state index in [4.69, 9.17) is 18.9 Å². The molecule has 14 nitrogen and oxygen atoms in total. The van der Waals surface area contributed by atoms with Gasteiger partial charge in [-0.2, -0.15) is 13.2 Å². The summed E-state index contributed by atoms with van der Waals surface area (Å²) in [5.74, 6) is -0.485. The fraction of sp³-hybridized carbons (Fsp3) is 0.386. The van der Waals surface area contributed by atoms with E-state index in [1.807, 2.05) is 18.2 Å². The number of piperidine rings is 1. The number of allylic oxidation sites excluding steroid dienone is 1. The number of nitrogens with one attached hydrogen (secondary N) is 1. The molecule has 8 rings (SSSR count). The molecule has 3 aliphatic rings. The lowest BCUT2D eigenvalue weighted by Crippen LogP contribution is -2.51. The van der Waals surface area contributed by atoms with Crippen LogP contribution >= 0.6 is 0 Å². The molecule has 1 unspecified atom stereocenters. The summed E-state index contributed by atoms with van der Waals surface area (Å²) < 4.78 is 64.9. The summed E-state index contributed by atoms with van der Waals surface area (Å²) in [6.45, 7) is 10.4. The zero-order valence-electron chi connectivity index (χ0n) is 33.5. The lowest BCUT2D eigenvalue weighted by molar-refractivity contribution is -0.139. The van der Waals surface area contributed by atoms with Crippen molar-refractivity contribution in [3.63, 3.8) is 0 Å². The number of carbonyl (C=O) groups excluding carboxylic acids is 3. The number of hydrogen-bond donors (Lipinski definition) is 1. The highest BCUT2D eigenvalue weighted by atomic mass is 19.4. The standard InChI is InChI=1S/C44H46F3N7O7/c1-29-2-8-38(41(55)50-29)54-42(56)34-7-5-32(25-35(34)43(54)57)60-23-22-59-21-20-58-18-16-51-12-14-52(15-13-51)17-19-61-40-9-4-31(26-49-40)30-3-6-33-36-27-48-11-10-37(36)53(39(33)24-30)28-44(45,46)47/h3-7,9-11,24-27,38H,1-2,8,12-23,28H2,(H,50,55). The lowest BCUT2D eigenvalue weighted by atomic mass is 10.0. The molecule has 1 N–H and O–H groups in total. The summed E-state index contributed by atoms with van der Waals surface area (Å²) >= 11 is 0. The average molecular weight is 842 g/mol. The number of piperazine rings is 1. The zero-order valence-corrected chi connectivity index (χ0v) is 33.5. The van der Waals surface area contributed by atoms with Crippen molar-refractivity contribution in [3.05, 3.63) is 96.6 Å². The van der Waals surface area contributed by atoms with Crippen molar-refractivity contribution < 1.29 is 46.5 Å². The minimum absolute atomic E-state index is 0.216. The molecule has 3 aromatic heterocycles. The quantitative estimate of drug-likeness (QED) is 0.0963. The van der Waals surface area contributed by atoms with E-state index < -0.39 is 36.5 Å². The van der Waals surface area contributed by atoms with Crippen LogP contribution in [0.1, 0.15) is 33.6 Å². The number of imide groups is 1. The molecule has 2 fully saturated rings. The number of pyridine rings is 2. The van der Waals surface area contributed by atoms with Crippen LogP contribution in [0.5, 0.6) is 11.6 Å². The lowest BCUT2D eigenvalue weighted by Gasteiger charge is -2.34. The molecule has 17 heteroatoms. The van der Waals surface area contributed by atoms with Gasteiger partial charge in [-0.05, 0) is 54.8 Å². The van der Waals surface area contributed by atoms with Crippen molar-refractivity contribution in [1.82, 2.24) is 34.6 Å². The SMILES string of the molecule is C=C1CCC(N2C(=O)c3ccc(OCCOCCOCCN4CCN(CCOc5ccc(-c6ccc7c8cnccc8n(CC(F)(F)F)c7c6)cn5)CC4)cc3C2=O)C(=O)N1. The molecule has 0 spiro atoms. The van der Waals surface area contributed by atoms with E-state index in [2.05, 4.69) is 31.7 Å². The number of alkyl halides is 3. The van der Waals surface area contributed by atoms with Crippen molar-refractivity contribution in [1.29, 1.82) is 0 Å². The molecule has 2 aromatic carbocycles. The van der Waals surface area contributed by atoms with E-state index in [1.165, 1.54) is 16.8 Å². The molecule has 5 aromatic rings. The van der Waals surface area contributed by atoms with Crippen LogP contribution in [0.3, 0.4) is 0 Å². The van der Waals surface area contributed by atoms with E-state index in [9.17, 15) is 27.6 Å². The molecule has 3 amide bonds. The van der Waals surface area contributed by atoms with Gasteiger partial charge < -0.3 is 28.8 Å². The Labute approximate surface area is 349 Å². The first-order valence-electron chi connectivity index (χ1n) is 20.3. The van der Waals surface area contributed by atoms with Crippen LogP contribution in [0.25, 0.3) is 32.9 Å². The van der Waals surface area contributed by atoms with Crippen LogP contribution in [0, 0.1) is 0 Å². The van der Waals surface area contributed by atoms with Gasteiger partial charge in [-0.3, -0.25) is 34.1 Å². The number of hydrogen-bond acceptors (Lipinski definition) is 11. The first kappa shape index (κ1) is 41.8. The number of halogens is 3. The maximum atomic E-state index is 13.5. The fourth-order valence-corrected chi connectivity index (χ4v) is 7.98. The van der Waals surface area contributed by atoms with Gasteiger partial charge in [-0.25, -0.2) is 4.98 Å². The third kappa shape index (κ3) is 9.70. The zero-order chi connectivity index (χ0) is 42.5. The second-order valence-corrected chi connectivity index (χ2v) is 15.2. The maximum absolute atomic E-state index is 13.5. The molecular weight excluding hydrogens is 796 g/mol. The summed E-state index contributed by atoms with van der Waals surface area (Å²) in [6, 6.07) is 14.6. The minimum Gasteiger partial charge on any atom is -0.491 e. The highest BCUT2D eigenvalue weighted by Crippen LogP contribution is 2.35. The molecule has 6 heterocycles. The molecule has 2 saturated heterocycles. The van der Waals surface area contributed by atoms with E-state index >= 15 is 0 Å². The molecule has 3 aliphatic heterocycles. The Morgan fingerprint density at radius 2 is 1.46 bits per heavy atom. The second-order valence-electron chi connectivity index (χ2n) is 15.2. The summed E-state index contributed by atoms with van der Waals surface area (Å²) in [6.07, 6.45) is 1.25. The number of amides is 3. The second kappa shape index (κ2) is 18.4. The van der Waals surface area contributed by atoms with Crippen LogP contribution < -0.4 is 14.8 Å². The van der Waals surface area contributed by atoms with Crippen LogP contribution in [0.2, 0.25) is 0 Å². The van der Waals surface area contributed by atoms with Gasteiger partial charge >= 0.3 is 6.18 Å². The topological polar surface area (TPSA) is 141 Å². The summed E-state index contributed by atoms with van der Waals surface area (Å²) in [7, 11) is 0. The Kier molecular flexibility index (Phi) is 12.6. The van der Waals surface area contributed by atoms with Gasteiger partial charge in [-0.15, -0.1) is 0 Å². The molecule has 1 atom stereocenters. The molecule has 320 valence electrons. The molecular formula is C44H46F3N7O7. The number of benzene rings is 2. The highest BCUT2D eigenvalue weighted by Gasteiger charge is 2.44. The third-order valence-electron chi connectivity index (χ3n) is 11.1. The molecule has 0 saturated carbocycles. The van der Waals surface area contributed by atoms with Gasteiger partial charge in [-0.1, -0.05) is 18.7 Å². The number of carbonyl (C=O) groups is 3. The minimum atomic E-state index is -4.37. The number of aromatic nitrogens is 3. The van der Waals surface area contributed by atoms with E-state index in [-0.39, 0.29) is 17.7 Å². The predicted octanol–water partition coefficient (Wildman–Crippen LogP) is 5.31. The van der Waals surface area contributed by atoms with E-state index in [1.54, 1.807) is 42.7 Å². The Bertz CT molecular complexity index is 2410. The van der Waals surface area contributed by atoms with Gasteiger partial charge in [0.2, 0.25) is 11.8 Å². The van der Waals surface area contributed by atoms with Crippen molar-refractivity contribution >= 4 is 39.5 Å². The third-order valence-corrected chi connectivity index (χ3v) is 11.1. The Morgan fingerprint density at radius 1 is 0.738 bits per heavy atom. The largest absolute Gasteiger partial charge is 0.491 e. The predicted molar refractivity (Wildman–Crippen MR) is 219 cm³/mol. The van der Waals surface area contributed by atoms with Gasteiger partial charge in [0.25, 0.3) is 11.8 Å². The highest BCUT2D eigenvalue weighted by molar-refractivity contribution is 6.23. The Hall–Kier alpha value is -5.88. The average Bonchev–Trinajstić information content (AvgIpc) is 3.68. The summed E-state index contributed by atoms with van der Waals surface area (Å²) in [4.78, 5) is 52.7. The normalized spacial score (nSPS) is 17.7. The molecule has 61 heavy (non-hydrogen) atoms. The smallest absolute Gasteiger partial charge is 0.406 e. The van der Waals surface area contributed by atoms with Crippen molar-refractivity contribution in [2.75, 3.05) is 78.9 Å². The Balaban J connectivity index is 0.684. The number of ether oxygens (including phenoxy) is 4. The number of fused-ring (bicyclic) bond motifs is 4. The van der Waals surface area contributed by atoms with Gasteiger partial charge in [0.15, 0.2) is 0 Å². The van der Waals surface area contributed by atoms with Crippen LogP contribution in [-0.2, 0) is 20.8 Å². The number of rotatable bonds is 17. The number of nitrogens with zero attached hydrogens (tertiary/aromatic N) is 6. The van der Waals surface area contributed by atoms with Gasteiger partial charge in [0.1, 0.15) is 31.5 Å². The first-order valence-corrected chi connectivity index (χ1v) is 20.3.